The number of benzene rings is 1. The summed E-state index contributed by atoms with van der Waals surface area (Å²) in [6, 6.07) is 10.2. The van der Waals surface area contributed by atoms with Gasteiger partial charge < -0.3 is 15.2 Å². The maximum atomic E-state index is 5.44. The summed E-state index contributed by atoms with van der Waals surface area (Å²) in [5.74, 6) is 1.73. The summed E-state index contributed by atoms with van der Waals surface area (Å²) in [6.07, 6.45) is 5.79. The third-order valence-corrected chi connectivity index (χ3v) is 5.20. The predicted molar refractivity (Wildman–Crippen MR) is 135 cm³/mol. The van der Waals surface area contributed by atoms with Gasteiger partial charge in [0.15, 0.2) is 5.96 Å². The first-order valence-electron chi connectivity index (χ1n) is 10.7. The standard InChI is InChI=1S/C23H32N6O.HI/c1-5-21-20(22(6-2)30-28-21)15-26-23(24-4)25-14-10-11-18-16-29(27-17(18)3)19-12-8-7-9-13-19;/h7-9,12-13,16H,5-6,10-11,14-15H2,1-4H3,(H2,24,25,26);1H. The van der Waals surface area contributed by atoms with Gasteiger partial charge in [0.1, 0.15) is 5.76 Å². The highest BCUT2D eigenvalue weighted by Crippen LogP contribution is 2.15. The molecule has 3 rings (SSSR count). The van der Waals surface area contributed by atoms with Gasteiger partial charge in [-0.15, -0.1) is 24.0 Å². The van der Waals surface area contributed by atoms with E-state index in [2.05, 4.69) is 65.0 Å². The van der Waals surface area contributed by atoms with Crippen LogP contribution in [-0.4, -0.2) is 34.5 Å². The fourth-order valence-corrected chi connectivity index (χ4v) is 3.47. The van der Waals surface area contributed by atoms with Gasteiger partial charge in [-0.2, -0.15) is 5.10 Å². The second-order valence-electron chi connectivity index (χ2n) is 7.21. The second-order valence-corrected chi connectivity index (χ2v) is 7.21. The number of hydrogen-bond acceptors (Lipinski definition) is 4. The van der Waals surface area contributed by atoms with E-state index in [-0.39, 0.29) is 24.0 Å². The summed E-state index contributed by atoms with van der Waals surface area (Å²) in [5.41, 5.74) is 5.59. The van der Waals surface area contributed by atoms with Gasteiger partial charge >= 0.3 is 0 Å². The Morgan fingerprint density at radius 1 is 1.13 bits per heavy atom. The van der Waals surface area contributed by atoms with Crippen molar-refractivity contribution in [3.8, 4) is 5.69 Å². The van der Waals surface area contributed by atoms with Gasteiger partial charge in [-0.05, 0) is 43.9 Å². The SMILES string of the molecule is CCc1noc(CC)c1CNC(=NC)NCCCc1cn(-c2ccccc2)nc1C.I. The molecule has 0 atom stereocenters. The second kappa shape index (κ2) is 12.5. The minimum atomic E-state index is 0. The van der Waals surface area contributed by atoms with E-state index in [9.17, 15) is 0 Å². The fraction of sp³-hybridized carbons (Fsp3) is 0.435. The normalized spacial score (nSPS) is 11.3. The first-order chi connectivity index (χ1) is 14.7. The highest BCUT2D eigenvalue weighted by molar-refractivity contribution is 14.0. The van der Waals surface area contributed by atoms with Crippen LogP contribution >= 0.6 is 24.0 Å². The van der Waals surface area contributed by atoms with Crippen molar-refractivity contribution < 1.29 is 4.52 Å². The quantitative estimate of drug-likeness (QED) is 0.186. The molecule has 1 aromatic carbocycles. The van der Waals surface area contributed by atoms with E-state index in [1.54, 1.807) is 7.05 Å². The summed E-state index contributed by atoms with van der Waals surface area (Å²) >= 11 is 0. The molecule has 0 spiro atoms. The average Bonchev–Trinajstić information content (AvgIpc) is 3.36. The Balaban J connectivity index is 0.00000341. The van der Waals surface area contributed by atoms with Crippen LogP contribution in [0.2, 0.25) is 0 Å². The van der Waals surface area contributed by atoms with E-state index >= 15 is 0 Å². The van der Waals surface area contributed by atoms with E-state index in [1.807, 2.05) is 22.9 Å². The van der Waals surface area contributed by atoms with Crippen LogP contribution in [0.25, 0.3) is 5.69 Å². The summed E-state index contributed by atoms with van der Waals surface area (Å²) < 4.78 is 7.39. The van der Waals surface area contributed by atoms with E-state index in [1.165, 1.54) is 5.56 Å². The maximum Gasteiger partial charge on any atom is 0.191 e. The Morgan fingerprint density at radius 2 is 1.90 bits per heavy atom. The lowest BCUT2D eigenvalue weighted by molar-refractivity contribution is 0.380. The van der Waals surface area contributed by atoms with Crippen LogP contribution in [0.3, 0.4) is 0 Å². The third-order valence-electron chi connectivity index (χ3n) is 5.20. The van der Waals surface area contributed by atoms with Gasteiger partial charge in [0.2, 0.25) is 0 Å². The van der Waals surface area contributed by atoms with E-state index in [0.717, 1.165) is 66.6 Å². The molecule has 0 unspecified atom stereocenters. The largest absolute Gasteiger partial charge is 0.361 e. The summed E-state index contributed by atoms with van der Waals surface area (Å²) in [4.78, 5) is 4.33. The summed E-state index contributed by atoms with van der Waals surface area (Å²) in [5, 5.41) is 15.6. The molecular formula is C23H33IN6O. The molecule has 0 saturated heterocycles. The zero-order valence-electron chi connectivity index (χ0n) is 18.8. The van der Waals surface area contributed by atoms with Gasteiger partial charge in [0.05, 0.1) is 17.1 Å². The van der Waals surface area contributed by atoms with Crippen molar-refractivity contribution in [1.82, 2.24) is 25.6 Å². The molecule has 0 amide bonds. The van der Waals surface area contributed by atoms with Crippen molar-refractivity contribution in [2.45, 2.75) is 53.0 Å². The molecule has 0 saturated carbocycles. The van der Waals surface area contributed by atoms with Gasteiger partial charge in [-0.1, -0.05) is 37.2 Å². The average molecular weight is 536 g/mol. The lowest BCUT2D eigenvalue weighted by Crippen LogP contribution is -2.37. The van der Waals surface area contributed by atoms with Crippen LogP contribution in [0, 0.1) is 6.92 Å². The Hall–Kier alpha value is -2.36. The van der Waals surface area contributed by atoms with Crippen LogP contribution < -0.4 is 10.6 Å². The number of hydrogen-bond donors (Lipinski definition) is 2. The van der Waals surface area contributed by atoms with Crippen molar-refractivity contribution in [3.05, 3.63) is 64.8 Å². The number of nitrogens with zero attached hydrogens (tertiary/aromatic N) is 4. The van der Waals surface area contributed by atoms with Gasteiger partial charge in [0, 0.05) is 38.3 Å². The Kier molecular flexibility index (Phi) is 10.0. The van der Waals surface area contributed by atoms with E-state index < -0.39 is 0 Å². The van der Waals surface area contributed by atoms with Crippen molar-refractivity contribution in [1.29, 1.82) is 0 Å². The molecule has 2 aromatic heterocycles. The molecule has 7 nitrogen and oxygen atoms in total. The fourth-order valence-electron chi connectivity index (χ4n) is 3.47. The number of guanidine groups is 1. The minimum Gasteiger partial charge on any atom is -0.361 e. The lowest BCUT2D eigenvalue weighted by Gasteiger charge is -2.12. The molecule has 2 N–H and O–H groups in total. The Bertz CT molecular complexity index is 942. The lowest BCUT2D eigenvalue weighted by atomic mass is 10.1. The first kappa shape index (κ1) is 24.9. The van der Waals surface area contributed by atoms with Crippen molar-refractivity contribution >= 4 is 29.9 Å². The third kappa shape index (κ3) is 6.56. The van der Waals surface area contributed by atoms with Crippen LogP contribution in [0.5, 0.6) is 0 Å². The maximum absolute atomic E-state index is 5.44. The predicted octanol–water partition coefficient (Wildman–Crippen LogP) is 4.21. The minimum absolute atomic E-state index is 0. The Morgan fingerprint density at radius 3 is 2.58 bits per heavy atom. The monoisotopic (exact) mass is 536 g/mol. The molecule has 168 valence electrons. The molecular weight excluding hydrogens is 503 g/mol. The molecule has 0 aliphatic heterocycles. The summed E-state index contributed by atoms with van der Waals surface area (Å²) in [6.45, 7) is 7.74. The van der Waals surface area contributed by atoms with Crippen LogP contribution in [0.4, 0.5) is 0 Å². The molecule has 31 heavy (non-hydrogen) atoms. The molecule has 0 aliphatic rings. The topological polar surface area (TPSA) is 80.3 Å². The van der Waals surface area contributed by atoms with Gasteiger partial charge in [-0.25, -0.2) is 4.68 Å². The zero-order valence-corrected chi connectivity index (χ0v) is 21.1. The molecule has 2 heterocycles. The van der Waals surface area contributed by atoms with Gasteiger partial charge in [-0.3, -0.25) is 4.99 Å². The molecule has 3 aromatic rings. The molecule has 0 bridgehead atoms. The molecule has 0 aliphatic carbocycles. The first-order valence-corrected chi connectivity index (χ1v) is 10.7. The summed E-state index contributed by atoms with van der Waals surface area (Å²) in [7, 11) is 1.79. The number of nitrogens with one attached hydrogen (secondary N) is 2. The van der Waals surface area contributed by atoms with Crippen LogP contribution in [0.15, 0.2) is 46.0 Å². The van der Waals surface area contributed by atoms with Crippen molar-refractivity contribution in [2.24, 2.45) is 4.99 Å². The van der Waals surface area contributed by atoms with Gasteiger partial charge in [0.25, 0.3) is 0 Å². The highest BCUT2D eigenvalue weighted by atomic mass is 127. The number of aliphatic imine (C=N–C) groups is 1. The number of aryl methyl sites for hydroxylation is 4. The van der Waals surface area contributed by atoms with Crippen molar-refractivity contribution in [2.75, 3.05) is 13.6 Å². The number of para-hydroxylation sites is 1. The van der Waals surface area contributed by atoms with Crippen LogP contribution in [-0.2, 0) is 25.8 Å². The molecule has 0 fully saturated rings. The highest BCUT2D eigenvalue weighted by Gasteiger charge is 2.13. The molecule has 0 radical (unpaired) electrons. The smallest absolute Gasteiger partial charge is 0.191 e. The Labute approximate surface area is 201 Å². The van der Waals surface area contributed by atoms with Crippen LogP contribution in [0.1, 0.15) is 48.5 Å². The van der Waals surface area contributed by atoms with E-state index in [0.29, 0.717) is 6.54 Å². The number of rotatable bonds is 9. The number of halogens is 1. The van der Waals surface area contributed by atoms with Crippen molar-refractivity contribution in [3.63, 3.8) is 0 Å². The van der Waals surface area contributed by atoms with E-state index in [4.69, 9.17) is 4.52 Å². The molecule has 8 heteroatoms. The zero-order chi connectivity index (χ0) is 21.3. The number of aromatic nitrogens is 3.